The lowest BCUT2D eigenvalue weighted by molar-refractivity contribution is 1.58. The fraction of sp³-hybridized carbons (Fsp3) is 0.0667. The Labute approximate surface area is 285 Å². The number of hydrogen-bond acceptors (Lipinski definition) is 1. The Morgan fingerprint density at radius 3 is 0.830 bits per heavy atom. The molecule has 0 N–H and O–H groups in total. The van der Waals surface area contributed by atoms with E-state index >= 15 is 0 Å². The van der Waals surface area contributed by atoms with Gasteiger partial charge in [-0.1, -0.05) is 194 Å². The van der Waals surface area contributed by atoms with Crippen molar-refractivity contribution in [2.45, 2.75) is 20.8 Å². The lowest BCUT2D eigenvalue weighted by atomic mass is 10.0. The van der Waals surface area contributed by atoms with E-state index in [1.165, 1.54) is 66.0 Å². The third-order valence-corrected chi connectivity index (χ3v) is 13.6. The highest BCUT2D eigenvalue weighted by Gasteiger charge is 2.25. The number of allylic oxidation sites excluding steroid dienone is 3. The molecule has 0 aliphatic rings. The Kier molecular flexibility index (Phi) is 10.1. The minimum Gasteiger partial charge on any atom is -0.0826 e. The average molecular weight is 643 g/mol. The van der Waals surface area contributed by atoms with Crippen molar-refractivity contribution >= 4 is 68.7 Å². The van der Waals surface area contributed by atoms with E-state index in [0.717, 1.165) is 0 Å². The van der Waals surface area contributed by atoms with Gasteiger partial charge in [-0.15, -0.1) is 0 Å². The van der Waals surface area contributed by atoms with Crippen molar-refractivity contribution in [1.29, 1.82) is 0 Å². The van der Waals surface area contributed by atoms with E-state index in [2.05, 4.69) is 203 Å². The molecule has 0 nitrogen and oxygen atoms in total. The highest BCUT2D eigenvalue weighted by atomic mass is 32.4. The minimum absolute atomic E-state index is 1.19. The quantitative estimate of drug-likeness (QED) is 0.112. The van der Waals surface area contributed by atoms with Gasteiger partial charge in [0.25, 0.3) is 0 Å². The van der Waals surface area contributed by atoms with Gasteiger partial charge in [0.1, 0.15) is 0 Å². The zero-order chi connectivity index (χ0) is 32.6. The number of hydrogen-bond donors (Lipinski definition) is 0. The Morgan fingerprint density at radius 1 is 0.362 bits per heavy atom. The van der Waals surface area contributed by atoms with Crippen molar-refractivity contribution in [3.63, 3.8) is 0 Å². The second kappa shape index (κ2) is 14.7. The molecule has 0 saturated carbocycles. The molecule has 0 saturated heterocycles. The molecule has 0 aliphatic heterocycles. The van der Waals surface area contributed by atoms with E-state index in [0.29, 0.717) is 0 Å². The van der Waals surface area contributed by atoms with E-state index in [4.69, 9.17) is 11.8 Å². The van der Waals surface area contributed by atoms with Crippen LogP contribution in [-0.2, 0) is 11.8 Å². The van der Waals surface area contributed by atoms with Gasteiger partial charge in [0.2, 0.25) is 0 Å². The number of benzene rings is 6. The highest BCUT2D eigenvalue weighted by Crippen LogP contribution is 2.43. The Hall–Kier alpha value is -4.81. The molecule has 0 amide bonds. The van der Waals surface area contributed by atoms with Crippen molar-refractivity contribution in [2.75, 3.05) is 0 Å². The summed E-state index contributed by atoms with van der Waals surface area (Å²) in [4.78, 5) is 0. The standard InChI is InChI=1S/C45H39PS/c1-34(31-37-13-7-4-8-14-37)40-19-25-43(26-20-40)46(47,44-27-21-41(22-28-44)35(2)32-38-15-9-5-10-16-38)45-29-23-42(24-30-45)36(3)33-39-17-11-6-12-18-39/h4-33H,1-3H3/b34-31+,35-32+,36-33+. The van der Waals surface area contributed by atoms with Crippen LogP contribution in [0.5, 0.6) is 0 Å². The second-order valence-corrected chi connectivity index (χ2v) is 16.4. The van der Waals surface area contributed by atoms with E-state index in [9.17, 15) is 0 Å². The van der Waals surface area contributed by atoms with Crippen LogP contribution in [0.2, 0.25) is 0 Å². The molecular formula is C45H39PS. The van der Waals surface area contributed by atoms with E-state index in [1.54, 1.807) is 0 Å². The molecule has 2 heteroatoms. The second-order valence-electron chi connectivity index (χ2n) is 12.0. The summed E-state index contributed by atoms with van der Waals surface area (Å²) in [6, 6.07) is 56.0. The van der Waals surface area contributed by atoms with Crippen molar-refractivity contribution in [2.24, 2.45) is 0 Å². The van der Waals surface area contributed by atoms with Crippen LogP contribution in [0.3, 0.4) is 0 Å². The molecule has 230 valence electrons. The first-order valence-electron chi connectivity index (χ1n) is 16.0. The normalized spacial score (nSPS) is 12.6. The number of rotatable bonds is 9. The molecule has 47 heavy (non-hydrogen) atoms. The van der Waals surface area contributed by atoms with Gasteiger partial charge in [-0.25, -0.2) is 0 Å². The van der Waals surface area contributed by atoms with E-state index in [1.807, 2.05) is 0 Å². The smallest absolute Gasteiger partial charge is 0.0379 e. The van der Waals surface area contributed by atoms with Crippen molar-refractivity contribution in [3.05, 3.63) is 197 Å². The maximum atomic E-state index is 6.81. The predicted octanol–water partition coefficient (Wildman–Crippen LogP) is 11.1. The largest absolute Gasteiger partial charge is 0.0826 e. The summed E-state index contributed by atoms with van der Waals surface area (Å²) in [5.74, 6) is 0. The monoisotopic (exact) mass is 642 g/mol. The van der Waals surface area contributed by atoms with Gasteiger partial charge in [0.15, 0.2) is 0 Å². The molecule has 0 bridgehead atoms. The van der Waals surface area contributed by atoms with E-state index < -0.39 is 6.04 Å². The zero-order valence-corrected chi connectivity index (χ0v) is 28.9. The third kappa shape index (κ3) is 7.61. The van der Waals surface area contributed by atoms with Gasteiger partial charge < -0.3 is 0 Å². The van der Waals surface area contributed by atoms with Crippen LogP contribution < -0.4 is 15.9 Å². The molecule has 0 spiro atoms. The summed E-state index contributed by atoms with van der Waals surface area (Å²) >= 11 is 6.81. The molecule has 0 radical (unpaired) electrons. The van der Waals surface area contributed by atoms with Crippen molar-refractivity contribution in [3.8, 4) is 0 Å². The van der Waals surface area contributed by atoms with Gasteiger partial charge in [0.05, 0.1) is 0 Å². The van der Waals surface area contributed by atoms with Gasteiger partial charge in [-0.3, -0.25) is 0 Å². The predicted molar refractivity (Wildman–Crippen MR) is 212 cm³/mol. The Morgan fingerprint density at radius 2 is 0.596 bits per heavy atom. The summed E-state index contributed by atoms with van der Waals surface area (Å²) in [7, 11) is 0. The fourth-order valence-corrected chi connectivity index (χ4v) is 9.59. The molecule has 0 atom stereocenters. The summed E-state index contributed by atoms with van der Waals surface area (Å²) in [6.07, 6.45) is 6.71. The van der Waals surface area contributed by atoms with Crippen LogP contribution in [0.1, 0.15) is 54.2 Å². The first kappa shape index (κ1) is 32.1. The maximum absolute atomic E-state index is 6.81. The maximum Gasteiger partial charge on any atom is 0.0379 e. The van der Waals surface area contributed by atoms with Crippen LogP contribution in [0.25, 0.3) is 34.9 Å². The molecule has 6 aromatic carbocycles. The fourth-order valence-electron chi connectivity index (χ4n) is 5.90. The lowest BCUT2D eigenvalue weighted by Crippen LogP contribution is -2.25. The first-order chi connectivity index (χ1) is 22.9. The van der Waals surface area contributed by atoms with Gasteiger partial charge in [0, 0.05) is 6.04 Å². The Balaban J connectivity index is 1.37. The van der Waals surface area contributed by atoms with E-state index in [-0.39, 0.29) is 0 Å². The van der Waals surface area contributed by atoms with Crippen LogP contribution in [0.15, 0.2) is 164 Å². The minimum atomic E-state index is -2.35. The molecule has 0 heterocycles. The highest BCUT2D eigenvalue weighted by molar-refractivity contribution is 8.25. The van der Waals surface area contributed by atoms with Gasteiger partial charge in [-0.05, 0) is 86.8 Å². The average Bonchev–Trinajstić information content (AvgIpc) is 3.13. The summed E-state index contributed by atoms with van der Waals surface area (Å²) < 4.78 is 0. The molecule has 6 aromatic rings. The molecule has 6 rings (SSSR count). The third-order valence-electron chi connectivity index (χ3n) is 8.61. The Bertz CT molecular complexity index is 1820. The summed E-state index contributed by atoms with van der Waals surface area (Å²) in [5, 5.41) is 3.58. The SMILES string of the molecule is C/C(=C\c1ccccc1)c1ccc(P(=S)(c2ccc(/C(C)=C/c3ccccc3)cc2)c2ccc(/C(C)=C/c3ccccc3)cc2)cc1. The topological polar surface area (TPSA) is 0 Å². The molecule has 0 fully saturated rings. The van der Waals surface area contributed by atoms with Crippen molar-refractivity contribution in [1.82, 2.24) is 0 Å². The molecular weight excluding hydrogens is 604 g/mol. The summed E-state index contributed by atoms with van der Waals surface area (Å²) in [6.45, 7) is 6.52. The van der Waals surface area contributed by atoms with Crippen molar-refractivity contribution < 1.29 is 0 Å². The van der Waals surface area contributed by atoms with Crippen LogP contribution in [0, 0.1) is 0 Å². The molecule has 0 aromatic heterocycles. The summed E-state index contributed by atoms with van der Waals surface area (Å²) in [5.41, 5.74) is 10.9. The van der Waals surface area contributed by atoms with Crippen LogP contribution in [0.4, 0.5) is 0 Å². The zero-order valence-electron chi connectivity index (χ0n) is 27.2. The van der Waals surface area contributed by atoms with Crippen LogP contribution >= 0.6 is 6.04 Å². The first-order valence-corrected chi connectivity index (χ1v) is 18.8. The van der Waals surface area contributed by atoms with Gasteiger partial charge >= 0.3 is 0 Å². The van der Waals surface area contributed by atoms with Gasteiger partial charge in [-0.2, -0.15) is 0 Å². The van der Waals surface area contributed by atoms with Crippen LogP contribution in [-0.4, -0.2) is 0 Å². The molecule has 0 unspecified atom stereocenters. The lowest BCUT2D eigenvalue weighted by Gasteiger charge is -2.25. The molecule has 0 aliphatic carbocycles.